The third-order valence-electron chi connectivity index (χ3n) is 1.70. The van der Waals surface area contributed by atoms with Crippen LogP contribution in [-0.4, -0.2) is 36.1 Å². The Morgan fingerprint density at radius 3 is 2.57 bits per heavy atom. The minimum atomic E-state index is -1.02. The van der Waals surface area contributed by atoms with Gasteiger partial charge in [0.05, 0.1) is 0 Å². The van der Waals surface area contributed by atoms with Crippen molar-refractivity contribution in [3.05, 3.63) is 0 Å². The highest BCUT2D eigenvalue weighted by Crippen LogP contribution is 1.93. The smallest absolute Gasteiger partial charge is 0.320 e. The van der Waals surface area contributed by atoms with Gasteiger partial charge >= 0.3 is 5.97 Å². The number of carboxylic acids is 1. The quantitative estimate of drug-likeness (QED) is 0.381. The normalized spacial score (nSPS) is 12.1. The van der Waals surface area contributed by atoms with E-state index in [-0.39, 0.29) is 5.91 Å². The molecule has 6 N–H and O–H groups in total. The van der Waals surface area contributed by atoms with Gasteiger partial charge < -0.3 is 21.9 Å². The molecule has 6 nitrogen and oxygen atoms in total. The molecular weight excluding hydrogens is 186 g/mol. The van der Waals surface area contributed by atoms with Crippen LogP contribution in [0.15, 0.2) is 0 Å². The highest BCUT2D eigenvalue weighted by Gasteiger charge is 2.10. The second-order valence-corrected chi connectivity index (χ2v) is 2.98. The lowest BCUT2D eigenvalue weighted by molar-refractivity contribution is -0.138. The van der Waals surface area contributed by atoms with Crippen molar-refractivity contribution in [3.8, 4) is 0 Å². The summed E-state index contributed by atoms with van der Waals surface area (Å²) in [5, 5.41) is 11.1. The number of carbonyl (C=O) groups excluding carboxylic acids is 1. The van der Waals surface area contributed by atoms with Gasteiger partial charge in [0.1, 0.15) is 6.04 Å². The number of hydrogen-bond acceptors (Lipinski definition) is 4. The highest BCUT2D eigenvalue weighted by atomic mass is 16.4. The number of carbonyl (C=O) groups is 2. The lowest BCUT2D eigenvalue weighted by Gasteiger charge is -2.06. The van der Waals surface area contributed by atoms with Crippen molar-refractivity contribution in [1.29, 1.82) is 0 Å². The number of carboxylic acid groups (broad SMARTS) is 1. The van der Waals surface area contributed by atoms with E-state index < -0.39 is 12.0 Å². The fourth-order valence-corrected chi connectivity index (χ4v) is 0.893. The van der Waals surface area contributed by atoms with E-state index in [2.05, 4.69) is 5.32 Å². The average molecular weight is 203 g/mol. The summed E-state index contributed by atoms with van der Waals surface area (Å²) in [7, 11) is 0. The number of rotatable bonds is 7. The summed E-state index contributed by atoms with van der Waals surface area (Å²) in [6.45, 7) is 0.764. The lowest BCUT2D eigenvalue weighted by atomic mass is 10.2. The molecule has 0 unspecified atom stereocenters. The van der Waals surface area contributed by atoms with Crippen molar-refractivity contribution in [2.24, 2.45) is 11.5 Å². The molecule has 0 aromatic carbocycles. The molecule has 0 aliphatic rings. The van der Waals surface area contributed by atoms with E-state index in [1.165, 1.54) is 0 Å². The Morgan fingerprint density at radius 1 is 1.43 bits per heavy atom. The molecule has 1 atom stereocenters. The Bertz CT molecular complexity index is 196. The van der Waals surface area contributed by atoms with E-state index in [1.807, 2.05) is 0 Å². The molecule has 0 aromatic heterocycles. The highest BCUT2D eigenvalue weighted by molar-refractivity contribution is 5.76. The molecular formula is C8H17N3O3. The van der Waals surface area contributed by atoms with Gasteiger partial charge in [0.25, 0.3) is 0 Å². The third-order valence-corrected chi connectivity index (χ3v) is 1.70. The van der Waals surface area contributed by atoms with Crippen molar-refractivity contribution in [1.82, 2.24) is 5.32 Å². The Balaban J connectivity index is 3.37. The van der Waals surface area contributed by atoms with Crippen molar-refractivity contribution in [2.75, 3.05) is 13.1 Å². The monoisotopic (exact) mass is 203 g/mol. The molecule has 0 bridgehead atoms. The maximum Gasteiger partial charge on any atom is 0.320 e. The summed E-state index contributed by atoms with van der Waals surface area (Å²) < 4.78 is 0. The Hall–Kier alpha value is -1.14. The molecule has 14 heavy (non-hydrogen) atoms. The third kappa shape index (κ3) is 6.38. The van der Waals surface area contributed by atoms with Gasteiger partial charge in [0, 0.05) is 19.5 Å². The fourth-order valence-electron chi connectivity index (χ4n) is 0.893. The van der Waals surface area contributed by atoms with Crippen molar-refractivity contribution < 1.29 is 14.7 Å². The van der Waals surface area contributed by atoms with E-state index in [0.29, 0.717) is 32.4 Å². The first kappa shape index (κ1) is 12.9. The van der Waals surface area contributed by atoms with Crippen molar-refractivity contribution >= 4 is 11.9 Å². The second kappa shape index (κ2) is 7.28. The van der Waals surface area contributed by atoms with Crippen LogP contribution in [0.1, 0.15) is 19.3 Å². The van der Waals surface area contributed by atoms with E-state index in [9.17, 15) is 9.59 Å². The second-order valence-electron chi connectivity index (χ2n) is 2.98. The molecule has 6 heteroatoms. The van der Waals surface area contributed by atoms with Crippen LogP contribution in [0.2, 0.25) is 0 Å². The van der Waals surface area contributed by atoms with E-state index in [4.69, 9.17) is 16.6 Å². The van der Waals surface area contributed by atoms with Crippen LogP contribution in [0.25, 0.3) is 0 Å². The van der Waals surface area contributed by atoms with Crippen LogP contribution in [-0.2, 0) is 9.59 Å². The number of hydrogen-bond donors (Lipinski definition) is 4. The summed E-state index contributed by atoms with van der Waals surface area (Å²) in [6, 6.07) is -0.846. The number of amides is 1. The molecule has 0 heterocycles. The maximum absolute atomic E-state index is 10.9. The van der Waals surface area contributed by atoms with Crippen LogP contribution in [0.4, 0.5) is 0 Å². The molecule has 1 amide bonds. The minimum absolute atomic E-state index is 0.114. The Kier molecular flexibility index (Phi) is 6.69. The van der Waals surface area contributed by atoms with Crippen LogP contribution in [0.3, 0.4) is 0 Å². The number of aliphatic carboxylic acids is 1. The average Bonchev–Trinajstić information content (AvgIpc) is 2.12. The van der Waals surface area contributed by atoms with Gasteiger partial charge in [-0.1, -0.05) is 0 Å². The number of nitrogens with one attached hydrogen (secondary N) is 1. The predicted octanol–water partition coefficient (Wildman–Crippen LogP) is -1.36. The van der Waals surface area contributed by atoms with E-state index >= 15 is 0 Å². The van der Waals surface area contributed by atoms with Gasteiger partial charge in [-0.2, -0.15) is 0 Å². The Labute approximate surface area is 82.6 Å². The predicted molar refractivity (Wildman–Crippen MR) is 51.5 cm³/mol. The summed E-state index contributed by atoms with van der Waals surface area (Å²) >= 11 is 0. The maximum atomic E-state index is 10.9. The minimum Gasteiger partial charge on any atom is -0.480 e. The summed E-state index contributed by atoms with van der Waals surface area (Å²) in [5.74, 6) is -1.13. The van der Waals surface area contributed by atoms with E-state index in [1.54, 1.807) is 0 Å². The standard InChI is InChI=1S/C8H17N3O3/c9-4-3-7(12)11-5-1-2-6(10)8(13)14/h6H,1-5,9-10H2,(H,11,12)(H,13,14)/t6-/m0/s1. The fraction of sp³-hybridized carbons (Fsp3) is 0.750. The van der Waals surface area contributed by atoms with E-state index in [0.717, 1.165) is 0 Å². The molecule has 82 valence electrons. The molecule has 0 saturated heterocycles. The first-order valence-electron chi connectivity index (χ1n) is 4.53. The summed E-state index contributed by atoms with van der Waals surface area (Å²) in [5.41, 5.74) is 10.4. The lowest BCUT2D eigenvalue weighted by Crippen LogP contribution is -2.32. The van der Waals surface area contributed by atoms with Gasteiger partial charge in [0.15, 0.2) is 0 Å². The number of nitrogens with two attached hydrogens (primary N) is 2. The van der Waals surface area contributed by atoms with Gasteiger partial charge in [-0.15, -0.1) is 0 Å². The first-order valence-corrected chi connectivity index (χ1v) is 4.53. The molecule has 0 saturated carbocycles. The van der Waals surface area contributed by atoms with Gasteiger partial charge in [-0.3, -0.25) is 9.59 Å². The van der Waals surface area contributed by atoms with Crippen molar-refractivity contribution in [2.45, 2.75) is 25.3 Å². The zero-order chi connectivity index (χ0) is 11.0. The topological polar surface area (TPSA) is 118 Å². The molecule has 0 spiro atoms. The zero-order valence-corrected chi connectivity index (χ0v) is 8.03. The van der Waals surface area contributed by atoms with Gasteiger partial charge in [-0.25, -0.2) is 0 Å². The molecule has 0 fully saturated rings. The molecule has 0 aromatic rings. The van der Waals surface area contributed by atoms with Gasteiger partial charge in [0.2, 0.25) is 5.91 Å². The SMILES string of the molecule is NCCC(=O)NCCC[C@H](N)C(=O)O. The largest absolute Gasteiger partial charge is 0.480 e. The zero-order valence-electron chi connectivity index (χ0n) is 8.03. The molecule has 0 aliphatic carbocycles. The van der Waals surface area contributed by atoms with Crippen LogP contribution in [0.5, 0.6) is 0 Å². The van der Waals surface area contributed by atoms with Crippen LogP contribution in [0, 0.1) is 0 Å². The first-order chi connectivity index (χ1) is 6.57. The molecule has 0 rings (SSSR count). The van der Waals surface area contributed by atoms with Crippen molar-refractivity contribution in [3.63, 3.8) is 0 Å². The van der Waals surface area contributed by atoms with Crippen LogP contribution < -0.4 is 16.8 Å². The summed E-state index contributed by atoms with van der Waals surface area (Å²) in [4.78, 5) is 21.2. The molecule has 0 aliphatic heterocycles. The molecule has 0 radical (unpaired) electrons. The van der Waals surface area contributed by atoms with Gasteiger partial charge in [-0.05, 0) is 12.8 Å². The summed E-state index contributed by atoms with van der Waals surface area (Å²) in [6.07, 6.45) is 1.22. The van der Waals surface area contributed by atoms with Crippen LogP contribution >= 0.6 is 0 Å². The Morgan fingerprint density at radius 2 is 2.07 bits per heavy atom.